The molecule has 3 rings (SSSR count). The Balaban J connectivity index is 1.92. The summed E-state index contributed by atoms with van der Waals surface area (Å²) < 4.78 is 10.1. The number of hydrogen-bond donors (Lipinski definition) is 0. The number of rotatable bonds is 8. The number of esters is 1. The highest BCUT2D eigenvalue weighted by Gasteiger charge is 2.48. The number of imide groups is 1. The van der Waals surface area contributed by atoms with Gasteiger partial charge in [-0.05, 0) is 75.7 Å². The van der Waals surface area contributed by atoms with Crippen molar-refractivity contribution in [1.82, 2.24) is 4.90 Å². The maximum absolute atomic E-state index is 13.6. The lowest BCUT2D eigenvalue weighted by Gasteiger charge is -2.41. The summed E-state index contributed by atoms with van der Waals surface area (Å²) in [4.78, 5) is 54.5. The van der Waals surface area contributed by atoms with Crippen LogP contribution in [0.3, 0.4) is 0 Å². The zero-order valence-electron chi connectivity index (χ0n) is 20.2. The Hall–Kier alpha value is -3.68. The lowest BCUT2D eigenvalue weighted by atomic mass is 9.94. The van der Waals surface area contributed by atoms with Crippen LogP contribution in [0.25, 0.3) is 0 Å². The van der Waals surface area contributed by atoms with Gasteiger partial charge in [-0.2, -0.15) is 0 Å². The maximum Gasteiger partial charge on any atom is 0.338 e. The van der Waals surface area contributed by atoms with Crippen LogP contribution in [-0.2, 0) is 14.3 Å². The first kappa shape index (κ1) is 25.0. The highest BCUT2D eigenvalue weighted by atomic mass is 16.5. The van der Waals surface area contributed by atoms with E-state index < -0.39 is 29.4 Å². The van der Waals surface area contributed by atoms with E-state index in [9.17, 15) is 19.2 Å². The first-order chi connectivity index (χ1) is 16.1. The molecule has 1 heterocycles. The normalized spacial score (nSPS) is 15.9. The van der Waals surface area contributed by atoms with E-state index in [1.807, 2.05) is 20.8 Å². The molecule has 3 amide bonds. The topological polar surface area (TPSA) is 93.2 Å². The van der Waals surface area contributed by atoms with Gasteiger partial charge in [0.25, 0.3) is 11.8 Å². The summed E-state index contributed by atoms with van der Waals surface area (Å²) in [6, 6.07) is 11.8. The number of ether oxygens (including phenoxy) is 2. The van der Waals surface area contributed by atoms with E-state index in [2.05, 4.69) is 0 Å². The second-order valence-electron chi connectivity index (χ2n) is 8.62. The van der Waals surface area contributed by atoms with Crippen molar-refractivity contribution < 1.29 is 28.7 Å². The molecule has 2 aromatic carbocycles. The molecular formula is C26H30N2O6. The molecule has 0 aliphatic carbocycles. The summed E-state index contributed by atoms with van der Waals surface area (Å²) in [5.74, 6) is -1.08. The van der Waals surface area contributed by atoms with Gasteiger partial charge in [0.05, 0.1) is 31.4 Å². The summed E-state index contributed by atoms with van der Waals surface area (Å²) in [6.45, 7) is 7.65. The van der Waals surface area contributed by atoms with E-state index in [1.54, 1.807) is 38.3 Å². The van der Waals surface area contributed by atoms with Crippen molar-refractivity contribution in [3.8, 4) is 5.75 Å². The summed E-state index contributed by atoms with van der Waals surface area (Å²) in [5.41, 5.74) is 0.391. The number of nitrogens with zero attached hydrogens (tertiary/aromatic N) is 2. The van der Waals surface area contributed by atoms with E-state index in [4.69, 9.17) is 9.47 Å². The van der Waals surface area contributed by atoms with E-state index in [0.717, 1.165) is 4.90 Å². The molecule has 0 aromatic heterocycles. The Labute approximate surface area is 199 Å². The molecule has 1 atom stereocenters. The highest BCUT2D eigenvalue weighted by Crippen LogP contribution is 2.33. The summed E-state index contributed by atoms with van der Waals surface area (Å²) in [7, 11) is 1.54. The van der Waals surface area contributed by atoms with Crippen molar-refractivity contribution in [2.45, 2.75) is 52.1 Å². The van der Waals surface area contributed by atoms with Crippen LogP contribution in [0, 0.1) is 0 Å². The van der Waals surface area contributed by atoms with Crippen LogP contribution in [0.2, 0.25) is 0 Å². The van der Waals surface area contributed by atoms with E-state index in [1.165, 1.54) is 29.2 Å². The smallest absolute Gasteiger partial charge is 0.338 e. The van der Waals surface area contributed by atoms with E-state index in [-0.39, 0.29) is 18.9 Å². The molecule has 8 heteroatoms. The van der Waals surface area contributed by atoms with Gasteiger partial charge in [0.2, 0.25) is 5.91 Å². The van der Waals surface area contributed by atoms with Crippen molar-refractivity contribution in [3.05, 3.63) is 59.7 Å². The third-order valence-electron chi connectivity index (χ3n) is 6.14. The molecule has 34 heavy (non-hydrogen) atoms. The monoisotopic (exact) mass is 466 g/mol. The number of hydrogen-bond acceptors (Lipinski definition) is 6. The van der Waals surface area contributed by atoms with Gasteiger partial charge >= 0.3 is 5.97 Å². The first-order valence-electron chi connectivity index (χ1n) is 11.3. The minimum absolute atomic E-state index is 0.121. The Bertz CT molecular complexity index is 1080. The third-order valence-corrected chi connectivity index (χ3v) is 6.14. The van der Waals surface area contributed by atoms with Crippen LogP contribution >= 0.6 is 0 Å². The SMILES string of the molecule is CCOC(=O)c1ccc(N2C(=O)CC(N(C(=O)c3ccc(OC)cc3)C(C)(C)CC)C2=O)cc1. The Kier molecular flexibility index (Phi) is 7.39. The molecule has 180 valence electrons. The second-order valence-corrected chi connectivity index (χ2v) is 8.62. The minimum atomic E-state index is -0.943. The number of methoxy groups -OCH3 is 1. The lowest BCUT2D eigenvalue weighted by Crippen LogP contribution is -2.55. The molecule has 0 saturated carbocycles. The van der Waals surface area contributed by atoms with E-state index in [0.29, 0.717) is 29.0 Å². The molecule has 2 aromatic rings. The molecule has 0 radical (unpaired) electrons. The second kappa shape index (κ2) is 10.1. The zero-order valence-corrected chi connectivity index (χ0v) is 20.2. The van der Waals surface area contributed by atoms with Crippen LogP contribution in [0.4, 0.5) is 5.69 Å². The molecule has 1 saturated heterocycles. The fourth-order valence-corrected chi connectivity index (χ4v) is 3.93. The van der Waals surface area contributed by atoms with E-state index >= 15 is 0 Å². The minimum Gasteiger partial charge on any atom is -0.497 e. The number of carbonyl (C=O) groups is 4. The molecule has 8 nitrogen and oxygen atoms in total. The molecule has 1 aliphatic rings. The predicted molar refractivity (Wildman–Crippen MR) is 127 cm³/mol. The summed E-state index contributed by atoms with van der Waals surface area (Å²) in [5, 5.41) is 0. The van der Waals surface area contributed by atoms with Crippen LogP contribution in [0.1, 0.15) is 61.3 Å². The largest absolute Gasteiger partial charge is 0.497 e. The molecular weight excluding hydrogens is 436 g/mol. The van der Waals surface area contributed by atoms with Crippen LogP contribution in [-0.4, -0.2) is 53.9 Å². The summed E-state index contributed by atoms with van der Waals surface area (Å²) in [6.07, 6.45) is 0.463. The van der Waals surface area contributed by atoms with Gasteiger partial charge in [0, 0.05) is 11.1 Å². The highest BCUT2D eigenvalue weighted by molar-refractivity contribution is 6.23. The van der Waals surface area contributed by atoms with Gasteiger partial charge < -0.3 is 14.4 Å². The van der Waals surface area contributed by atoms with Gasteiger partial charge in [-0.3, -0.25) is 14.4 Å². The third kappa shape index (κ3) is 4.81. The van der Waals surface area contributed by atoms with Crippen LogP contribution in [0.15, 0.2) is 48.5 Å². The molecule has 0 bridgehead atoms. The Morgan fingerprint density at radius 3 is 2.12 bits per heavy atom. The molecule has 0 spiro atoms. The first-order valence-corrected chi connectivity index (χ1v) is 11.3. The Morgan fingerprint density at radius 2 is 1.59 bits per heavy atom. The number of carbonyl (C=O) groups excluding carboxylic acids is 4. The van der Waals surface area contributed by atoms with Crippen molar-refractivity contribution in [2.75, 3.05) is 18.6 Å². The standard InChI is InChI=1S/C26H30N2O6/c1-6-26(3,4)28(23(30)17-10-14-20(33-5)15-11-17)21-16-22(29)27(24(21)31)19-12-8-18(9-13-19)25(32)34-7-2/h8-15,21H,6-7,16H2,1-5H3. The molecule has 1 fully saturated rings. The maximum atomic E-state index is 13.6. The van der Waals surface area contributed by atoms with Crippen molar-refractivity contribution in [3.63, 3.8) is 0 Å². The summed E-state index contributed by atoms with van der Waals surface area (Å²) >= 11 is 0. The van der Waals surface area contributed by atoms with Crippen molar-refractivity contribution in [2.24, 2.45) is 0 Å². The average molecular weight is 467 g/mol. The van der Waals surface area contributed by atoms with Gasteiger partial charge in [-0.25, -0.2) is 9.69 Å². The van der Waals surface area contributed by atoms with Crippen molar-refractivity contribution >= 4 is 29.4 Å². The van der Waals surface area contributed by atoms with Crippen molar-refractivity contribution in [1.29, 1.82) is 0 Å². The van der Waals surface area contributed by atoms with Gasteiger partial charge in [0.1, 0.15) is 11.8 Å². The predicted octanol–water partition coefficient (Wildman–Crippen LogP) is 3.83. The lowest BCUT2D eigenvalue weighted by molar-refractivity contribution is -0.123. The molecule has 1 unspecified atom stereocenters. The number of anilines is 1. The number of benzene rings is 2. The fraction of sp³-hybridized carbons (Fsp3) is 0.385. The van der Waals surface area contributed by atoms with Crippen LogP contribution in [0.5, 0.6) is 5.75 Å². The Morgan fingerprint density at radius 1 is 1.00 bits per heavy atom. The molecule has 0 N–H and O–H groups in total. The van der Waals surface area contributed by atoms with Gasteiger partial charge in [-0.1, -0.05) is 6.92 Å². The van der Waals surface area contributed by atoms with Gasteiger partial charge in [0.15, 0.2) is 0 Å². The van der Waals surface area contributed by atoms with Gasteiger partial charge in [-0.15, -0.1) is 0 Å². The zero-order chi connectivity index (χ0) is 25.0. The average Bonchev–Trinajstić information content (AvgIpc) is 3.12. The quantitative estimate of drug-likeness (QED) is 0.434. The molecule has 1 aliphatic heterocycles. The number of amides is 3. The fourth-order valence-electron chi connectivity index (χ4n) is 3.93. The van der Waals surface area contributed by atoms with Crippen LogP contribution < -0.4 is 9.64 Å².